The van der Waals surface area contributed by atoms with E-state index in [1.807, 2.05) is 0 Å². The Morgan fingerprint density at radius 3 is 2.32 bits per heavy atom. The van der Waals surface area contributed by atoms with Crippen LogP contribution in [0.15, 0.2) is 41.6 Å². The van der Waals surface area contributed by atoms with Crippen LogP contribution in [0.2, 0.25) is 0 Å². The molecule has 1 aromatic carbocycles. The van der Waals surface area contributed by atoms with E-state index in [1.54, 1.807) is 9.80 Å². The Morgan fingerprint density at radius 2 is 1.73 bits per heavy atom. The standard InChI is InChI=1S/C16H21N5O/c17-15(22)19-18-14-12-8-20-6-7-21(9-12)11-16(14,10-20)13-4-2-1-3-5-13/h1-5,18H,6-11H2,(H3,17,19,22)/p+2. The molecular weight excluding hydrogens is 278 g/mol. The molecule has 4 bridgehead atoms. The molecule has 1 aromatic rings. The van der Waals surface area contributed by atoms with Gasteiger partial charge in [-0.25, -0.2) is 4.79 Å². The molecule has 116 valence electrons. The largest absolute Gasteiger partial charge is 0.350 e. The molecule has 4 aliphatic heterocycles. The van der Waals surface area contributed by atoms with Crippen molar-refractivity contribution in [2.24, 2.45) is 5.73 Å². The van der Waals surface area contributed by atoms with E-state index in [9.17, 15) is 4.79 Å². The maximum atomic E-state index is 11.2. The smallest absolute Gasteiger partial charge is 0.330 e. The summed E-state index contributed by atoms with van der Waals surface area (Å²) in [6.45, 7) is 6.75. The maximum Gasteiger partial charge on any atom is 0.330 e. The second kappa shape index (κ2) is 5.00. The first-order valence-electron chi connectivity index (χ1n) is 7.94. The lowest BCUT2D eigenvalue weighted by Gasteiger charge is -2.44. The molecule has 6 nitrogen and oxygen atoms in total. The SMILES string of the molecule is NC(=O)NNC1=C2C[NH+]3CC[NH+](C2)CC1(c1ccccc1)C3. The van der Waals surface area contributed by atoms with Crippen molar-refractivity contribution in [2.45, 2.75) is 5.41 Å². The van der Waals surface area contributed by atoms with Crippen molar-refractivity contribution in [3.63, 3.8) is 0 Å². The zero-order valence-electron chi connectivity index (χ0n) is 12.6. The fraction of sp³-hybridized carbons (Fsp3) is 0.438. The topological polar surface area (TPSA) is 76.0 Å². The van der Waals surface area contributed by atoms with Crippen molar-refractivity contribution in [2.75, 3.05) is 39.3 Å². The average Bonchev–Trinajstić information content (AvgIpc) is 2.75. The highest BCUT2D eigenvalue weighted by atomic mass is 16.2. The molecule has 0 radical (unpaired) electrons. The molecule has 2 saturated heterocycles. The van der Waals surface area contributed by atoms with Gasteiger partial charge in [-0.3, -0.25) is 10.9 Å². The van der Waals surface area contributed by atoms with Gasteiger partial charge < -0.3 is 15.5 Å². The lowest BCUT2D eigenvalue weighted by atomic mass is 9.71. The number of carbonyl (C=O) groups excluding carboxylic acids is 1. The molecule has 6 N–H and O–H groups in total. The number of carbonyl (C=O) groups is 1. The van der Waals surface area contributed by atoms with Gasteiger partial charge in [0.05, 0.1) is 24.4 Å². The monoisotopic (exact) mass is 301 g/mol. The number of nitrogens with one attached hydrogen (secondary N) is 4. The summed E-state index contributed by atoms with van der Waals surface area (Å²) < 4.78 is 0. The van der Waals surface area contributed by atoms with Crippen LogP contribution in [0.3, 0.4) is 0 Å². The third kappa shape index (κ3) is 2.07. The summed E-state index contributed by atoms with van der Waals surface area (Å²) in [5, 5.41) is 0. The first kappa shape index (κ1) is 13.6. The van der Waals surface area contributed by atoms with Crippen LogP contribution in [-0.2, 0) is 5.41 Å². The summed E-state index contributed by atoms with van der Waals surface area (Å²) >= 11 is 0. The average molecular weight is 301 g/mol. The summed E-state index contributed by atoms with van der Waals surface area (Å²) in [5.41, 5.74) is 14.9. The highest BCUT2D eigenvalue weighted by Crippen LogP contribution is 2.33. The van der Waals surface area contributed by atoms with Crippen molar-refractivity contribution in [1.82, 2.24) is 10.9 Å². The van der Waals surface area contributed by atoms with Crippen molar-refractivity contribution in [1.29, 1.82) is 0 Å². The quantitative estimate of drug-likeness (QED) is 0.390. The second-order valence-corrected chi connectivity index (χ2v) is 6.75. The van der Waals surface area contributed by atoms with E-state index in [0.29, 0.717) is 0 Å². The number of primary amides is 1. The lowest BCUT2D eigenvalue weighted by molar-refractivity contribution is -0.918. The van der Waals surface area contributed by atoms with Crippen LogP contribution in [-0.4, -0.2) is 45.3 Å². The van der Waals surface area contributed by atoms with Crippen molar-refractivity contribution in [3.8, 4) is 0 Å². The number of urea groups is 1. The molecule has 2 unspecified atom stereocenters. The number of fused-ring (bicyclic) bond motifs is 1. The van der Waals surface area contributed by atoms with Gasteiger partial charge in [-0.15, -0.1) is 0 Å². The van der Waals surface area contributed by atoms with Crippen molar-refractivity contribution in [3.05, 3.63) is 47.2 Å². The summed E-state index contributed by atoms with van der Waals surface area (Å²) in [6, 6.07) is 10.1. The number of rotatable bonds is 3. The summed E-state index contributed by atoms with van der Waals surface area (Å²) in [7, 11) is 0. The minimum Gasteiger partial charge on any atom is -0.350 e. The van der Waals surface area contributed by atoms with E-state index in [-0.39, 0.29) is 5.41 Å². The highest BCUT2D eigenvalue weighted by Gasteiger charge is 2.54. The first-order chi connectivity index (χ1) is 10.7. The van der Waals surface area contributed by atoms with E-state index < -0.39 is 6.03 Å². The Labute approximate surface area is 129 Å². The number of hydrogen-bond acceptors (Lipinski definition) is 2. The van der Waals surface area contributed by atoms with Crippen LogP contribution in [0.1, 0.15) is 5.56 Å². The van der Waals surface area contributed by atoms with Gasteiger partial charge in [-0.1, -0.05) is 30.3 Å². The summed E-state index contributed by atoms with van der Waals surface area (Å²) in [4.78, 5) is 14.5. The van der Waals surface area contributed by atoms with Gasteiger partial charge in [0.25, 0.3) is 0 Å². The van der Waals surface area contributed by atoms with Crippen LogP contribution in [0, 0.1) is 0 Å². The van der Waals surface area contributed by atoms with E-state index >= 15 is 0 Å². The number of hydrazine groups is 1. The molecular formula is C16H23N5O+2. The Hall–Kier alpha value is -2.05. The fourth-order valence-electron chi connectivity index (χ4n) is 4.54. The second-order valence-electron chi connectivity index (χ2n) is 6.75. The van der Waals surface area contributed by atoms with E-state index in [1.165, 1.54) is 29.9 Å². The van der Waals surface area contributed by atoms with Crippen LogP contribution in [0.5, 0.6) is 0 Å². The Bertz CT molecular complexity index is 609. The molecule has 22 heavy (non-hydrogen) atoms. The lowest BCUT2D eigenvalue weighted by Crippen LogP contribution is -3.15. The van der Waals surface area contributed by atoms with E-state index in [4.69, 9.17) is 5.73 Å². The number of amides is 2. The molecule has 2 fully saturated rings. The van der Waals surface area contributed by atoms with Gasteiger partial charge in [-0.2, -0.15) is 0 Å². The third-order valence-corrected chi connectivity index (χ3v) is 5.33. The van der Waals surface area contributed by atoms with Crippen LogP contribution in [0.25, 0.3) is 0 Å². The highest BCUT2D eigenvalue weighted by molar-refractivity contribution is 5.71. The van der Waals surface area contributed by atoms with Gasteiger partial charge in [0.2, 0.25) is 0 Å². The van der Waals surface area contributed by atoms with Crippen LogP contribution < -0.4 is 26.4 Å². The van der Waals surface area contributed by atoms with Gasteiger partial charge in [0, 0.05) is 0 Å². The van der Waals surface area contributed by atoms with E-state index in [0.717, 1.165) is 26.2 Å². The third-order valence-electron chi connectivity index (χ3n) is 5.33. The Balaban J connectivity index is 1.82. The number of quaternary nitrogens is 2. The summed E-state index contributed by atoms with van der Waals surface area (Å²) in [5.74, 6) is 0. The Morgan fingerprint density at radius 1 is 1.09 bits per heavy atom. The van der Waals surface area contributed by atoms with Crippen LogP contribution >= 0.6 is 0 Å². The minimum atomic E-state index is -0.539. The Kier molecular flexibility index (Phi) is 3.09. The number of benzene rings is 1. The van der Waals surface area contributed by atoms with Crippen molar-refractivity contribution < 1.29 is 14.6 Å². The molecule has 4 aliphatic rings. The first-order valence-corrected chi connectivity index (χ1v) is 7.94. The van der Waals surface area contributed by atoms with E-state index in [2.05, 4.69) is 41.2 Å². The number of nitrogens with two attached hydrogens (primary N) is 1. The normalized spacial score (nSPS) is 32.7. The molecule has 2 atom stereocenters. The van der Waals surface area contributed by atoms with Gasteiger partial charge >= 0.3 is 6.03 Å². The minimum absolute atomic E-state index is 0.0449. The zero-order chi connectivity index (χ0) is 15.2. The zero-order valence-corrected chi connectivity index (χ0v) is 12.6. The van der Waals surface area contributed by atoms with Gasteiger partial charge in [0.15, 0.2) is 0 Å². The fourth-order valence-corrected chi connectivity index (χ4v) is 4.54. The molecule has 0 aromatic heterocycles. The summed E-state index contributed by atoms with van der Waals surface area (Å²) in [6.07, 6.45) is 0. The van der Waals surface area contributed by atoms with Crippen molar-refractivity contribution >= 4 is 6.03 Å². The predicted octanol–water partition coefficient (Wildman–Crippen LogP) is -2.84. The van der Waals surface area contributed by atoms with Gasteiger partial charge in [0.1, 0.15) is 31.6 Å². The molecule has 0 aliphatic carbocycles. The van der Waals surface area contributed by atoms with Gasteiger partial charge in [-0.05, 0) is 5.56 Å². The maximum absolute atomic E-state index is 11.2. The molecule has 5 rings (SSSR count). The molecule has 6 heteroatoms. The molecule has 0 saturated carbocycles. The van der Waals surface area contributed by atoms with Crippen LogP contribution in [0.4, 0.5) is 4.79 Å². The number of hydrogen-bond donors (Lipinski definition) is 5. The molecule has 2 amide bonds. The predicted molar refractivity (Wildman–Crippen MR) is 82.1 cm³/mol. The molecule has 4 heterocycles. The molecule has 0 spiro atoms.